The first-order chi connectivity index (χ1) is 16.2. The van der Waals surface area contributed by atoms with E-state index in [2.05, 4.69) is 19.2 Å². The van der Waals surface area contributed by atoms with Gasteiger partial charge in [-0.05, 0) is 12.3 Å². The van der Waals surface area contributed by atoms with Crippen molar-refractivity contribution in [3.63, 3.8) is 0 Å². The molecule has 0 aliphatic carbocycles. The number of hydrogen-bond donors (Lipinski definition) is 7. The van der Waals surface area contributed by atoms with Crippen LogP contribution in [0.25, 0.3) is 0 Å². The van der Waals surface area contributed by atoms with E-state index in [-0.39, 0.29) is 6.61 Å². The normalized spacial score (nSPS) is 28.0. The standard InChI is InChI=1S/C24H47NO9/c1-16(2)11-9-7-5-3-4-6-8-10-12-18(28)20(29)17(25-15-27)14-33-24-23(32)22(31)21(30)19(13-26)34-24/h15-24,26,28-32H,3-14H2,1-2H3,(H,25,27)/t17-,18+,19+,20-,21+,22-,23+,24+/m0/s1. The van der Waals surface area contributed by atoms with Crippen LogP contribution in [0, 0.1) is 5.92 Å². The van der Waals surface area contributed by atoms with Gasteiger partial charge in [0.05, 0.1) is 25.4 Å². The minimum absolute atomic E-state index is 0.323. The van der Waals surface area contributed by atoms with Gasteiger partial charge in [-0.2, -0.15) is 0 Å². The van der Waals surface area contributed by atoms with Gasteiger partial charge in [0.25, 0.3) is 0 Å². The number of carbonyl (C=O) groups excluding carboxylic acids is 1. The van der Waals surface area contributed by atoms with Crippen LogP contribution in [-0.4, -0.2) is 99.2 Å². The Labute approximate surface area is 203 Å². The number of rotatable bonds is 19. The Morgan fingerprint density at radius 2 is 1.44 bits per heavy atom. The van der Waals surface area contributed by atoms with E-state index in [9.17, 15) is 35.4 Å². The topological polar surface area (TPSA) is 169 Å². The number of hydrogen-bond acceptors (Lipinski definition) is 9. The third-order valence-electron chi connectivity index (χ3n) is 6.41. The minimum atomic E-state index is -1.59. The van der Waals surface area contributed by atoms with Crippen molar-refractivity contribution in [3.8, 4) is 0 Å². The van der Waals surface area contributed by atoms with Crippen LogP contribution < -0.4 is 5.32 Å². The maximum Gasteiger partial charge on any atom is 0.207 e. The number of ether oxygens (including phenoxy) is 2. The van der Waals surface area contributed by atoms with Crippen LogP contribution >= 0.6 is 0 Å². The molecule has 202 valence electrons. The van der Waals surface area contributed by atoms with Crippen LogP contribution in [0.4, 0.5) is 0 Å². The molecule has 7 N–H and O–H groups in total. The average Bonchev–Trinajstić information content (AvgIpc) is 2.81. The molecule has 1 aliphatic heterocycles. The lowest BCUT2D eigenvalue weighted by Crippen LogP contribution is -2.60. The van der Waals surface area contributed by atoms with Crippen molar-refractivity contribution in [1.82, 2.24) is 5.32 Å². The van der Waals surface area contributed by atoms with E-state index in [4.69, 9.17) is 9.47 Å². The molecule has 0 radical (unpaired) electrons. The monoisotopic (exact) mass is 493 g/mol. The van der Waals surface area contributed by atoms with Crippen molar-refractivity contribution in [2.75, 3.05) is 13.2 Å². The second kappa shape index (κ2) is 17.6. The summed E-state index contributed by atoms with van der Waals surface area (Å²) in [6, 6.07) is -0.981. The molecule has 0 aromatic rings. The molecule has 1 rings (SSSR count). The van der Waals surface area contributed by atoms with E-state index in [1.807, 2.05) is 0 Å². The summed E-state index contributed by atoms with van der Waals surface area (Å²) in [5.74, 6) is 0.766. The van der Waals surface area contributed by atoms with Crippen molar-refractivity contribution < 1.29 is 44.9 Å². The highest BCUT2D eigenvalue weighted by Gasteiger charge is 2.44. The molecule has 1 fully saturated rings. The van der Waals surface area contributed by atoms with Crippen molar-refractivity contribution in [2.24, 2.45) is 5.92 Å². The highest BCUT2D eigenvalue weighted by atomic mass is 16.7. The molecule has 0 bridgehead atoms. The lowest BCUT2D eigenvalue weighted by molar-refractivity contribution is -0.303. The summed E-state index contributed by atoms with van der Waals surface area (Å²) in [4.78, 5) is 11.0. The molecule has 34 heavy (non-hydrogen) atoms. The van der Waals surface area contributed by atoms with E-state index in [1.54, 1.807) is 0 Å². The van der Waals surface area contributed by atoms with Crippen LogP contribution in [-0.2, 0) is 14.3 Å². The van der Waals surface area contributed by atoms with Gasteiger partial charge in [-0.1, -0.05) is 71.6 Å². The summed E-state index contributed by atoms with van der Waals surface area (Å²) in [7, 11) is 0. The van der Waals surface area contributed by atoms with Crippen LogP contribution in [0.5, 0.6) is 0 Å². The molecule has 10 nitrogen and oxygen atoms in total. The number of amides is 1. The summed E-state index contributed by atoms with van der Waals surface area (Å²) >= 11 is 0. The smallest absolute Gasteiger partial charge is 0.207 e. The Morgan fingerprint density at radius 1 is 0.882 bits per heavy atom. The molecular weight excluding hydrogens is 446 g/mol. The lowest BCUT2D eigenvalue weighted by atomic mass is 9.98. The van der Waals surface area contributed by atoms with E-state index in [1.165, 1.54) is 32.1 Å². The van der Waals surface area contributed by atoms with Gasteiger partial charge in [-0.15, -0.1) is 0 Å². The number of carbonyl (C=O) groups is 1. The van der Waals surface area contributed by atoms with E-state index in [0.29, 0.717) is 12.8 Å². The maximum absolute atomic E-state index is 11.0. The van der Waals surface area contributed by atoms with Gasteiger partial charge in [0, 0.05) is 0 Å². The molecule has 0 aromatic carbocycles. The van der Waals surface area contributed by atoms with Gasteiger partial charge in [0.15, 0.2) is 6.29 Å². The van der Waals surface area contributed by atoms with E-state index in [0.717, 1.165) is 31.6 Å². The molecule has 8 atom stereocenters. The molecule has 0 saturated carbocycles. The first-order valence-corrected chi connectivity index (χ1v) is 12.7. The fraction of sp³-hybridized carbons (Fsp3) is 0.958. The maximum atomic E-state index is 11.0. The Hall–Kier alpha value is -0.850. The lowest BCUT2D eigenvalue weighted by Gasteiger charge is -2.40. The molecular formula is C24H47NO9. The predicted octanol–water partition coefficient (Wildman–Crippen LogP) is 0.196. The van der Waals surface area contributed by atoms with Gasteiger partial charge >= 0.3 is 0 Å². The van der Waals surface area contributed by atoms with Crippen LogP contribution in [0.2, 0.25) is 0 Å². The summed E-state index contributed by atoms with van der Waals surface area (Å²) in [5.41, 5.74) is 0. The second-order valence-corrected chi connectivity index (χ2v) is 9.78. The zero-order valence-corrected chi connectivity index (χ0v) is 20.7. The fourth-order valence-corrected chi connectivity index (χ4v) is 4.14. The van der Waals surface area contributed by atoms with Crippen LogP contribution in [0.15, 0.2) is 0 Å². The SMILES string of the molecule is CC(C)CCCCCCCCCC[C@@H](O)[C@@H](O)[C@H](CO[C@@H]1O[C@H](CO)[C@@H](O)[C@H](O)[C@H]1O)NC=O. The Morgan fingerprint density at radius 3 is 1.97 bits per heavy atom. The fourth-order valence-electron chi connectivity index (χ4n) is 4.14. The molecule has 1 heterocycles. The molecule has 0 spiro atoms. The zero-order valence-electron chi connectivity index (χ0n) is 20.7. The number of aliphatic hydroxyl groups is 6. The molecule has 1 aliphatic rings. The largest absolute Gasteiger partial charge is 0.394 e. The summed E-state index contributed by atoms with van der Waals surface area (Å²) in [5, 5.41) is 62.2. The number of nitrogens with one attached hydrogen (secondary N) is 1. The molecule has 0 unspecified atom stereocenters. The van der Waals surface area contributed by atoms with Crippen LogP contribution in [0.3, 0.4) is 0 Å². The quantitative estimate of drug-likeness (QED) is 0.0981. The average molecular weight is 494 g/mol. The first-order valence-electron chi connectivity index (χ1n) is 12.7. The van der Waals surface area contributed by atoms with Crippen molar-refractivity contribution in [1.29, 1.82) is 0 Å². The van der Waals surface area contributed by atoms with Gasteiger partial charge in [-0.25, -0.2) is 0 Å². The molecule has 10 heteroatoms. The molecule has 0 aromatic heterocycles. The third-order valence-corrected chi connectivity index (χ3v) is 6.41. The summed E-state index contributed by atoms with van der Waals surface area (Å²) in [6.45, 7) is 3.57. The minimum Gasteiger partial charge on any atom is -0.394 e. The second-order valence-electron chi connectivity index (χ2n) is 9.78. The highest BCUT2D eigenvalue weighted by molar-refractivity contribution is 5.46. The zero-order chi connectivity index (χ0) is 25.5. The van der Waals surface area contributed by atoms with Gasteiger partial charge in [-0.3, -0.25) is 4.79 Å². The predicted molar refractivity (Wildman–Crippen MR) is 126 cm³/mol. The molecule has 1 amide bonds. The summed E-state index contributed by atoms with van der Waals surface area (Å²) in [6.07, 6.45) is 1.38. The third kappa shape index (κ3) is 11.3. The van der Waals surface area contributed by atoms with Crippen molar-refractivity contribution in [3.05, 3.63) is 0 Å². The van der Waals surface area contributed by atoms with E-state index < -0.39 is 55.6 Å². The summed E-state index contributed by atoms with van der Waals surface area (Å²) < 4.78 is 10.6. The Bertz CT molecular complexity index is 523. The van der Waals surface area contributed by atoms with Crippen molar-refractivity contribution >= 4 is 6.41 Å². The molecule has 1 saturated heterocycles. The number of aliphatic hydroxyl groups excluding tert-OH is 6. The highest BCUT2D eigenvalue weighted by Crippen LogP contribution is 2.22. The Kier molecular flexibility index (Phi) is 16.1. The Balaban J connectivity index is 2.32. The first kappa shape index (κ1) is 31.2. The van der Waals surface area contributed by atoms with Gasteiger partial charge in [0.2, 0.25) is 6.41 Å². The van der Waals surface area contributed by atoms with Gasteiger partial charge in [0.1, 0.15) is 30.5 Å². The van der Waals surface area contributed by atoms with Gasteiger partial charge < -0.3 is 45.4 Å². The van der Waals surface area contributed by atoms with E-state index >= 15 is 0 Å². The van der Waals surface area contributed by atoms with Crippen molar-refractivity contribution in [2.45, 2.75) is 127 Å². The number of unbranched alkanes of at least 4 members (excludes halogenated alkanes) is 7. The van der Waals surface area contributed by atoms with Crippen LogP contribution in [0.1, 0.15) is 78.1 Å².